The van der Waals surface area contributed by atoms with Crippen molar-refractivity contribution < 1.29 is 19.1 Å². The molecule has 0 saturated carbocycles. The average molecular weight is 384 g/mol. The van der Waals surface area contributed by atoms with Gasteiger partial charge >= 0.3 is 0 Å². The minimum Gasteiger partial charge on any atom is -0.489 e. The van der Waals surface area contributed by atoms with Crippen LogP contribution in [0.25, 0.3) is 0 Å². The van der Waals surface area contributed by atoms with Crippen LogP contribution in [0, 0.1) is 0 Å². The Balaban J connectivity index is 1.89. The van der Waals surface area contributed by atoms with Gasteiger partial charge in [0.2, 0.25) is 11.8 Å². The van der Waals surface area contributed by atoms with E-state index in [1.807, 2.05) is 52.0 Å². The Morgan fingerprint density at radius 1 is 0.714 bits per heavy atom. The third kappa shape index (κ3) is 6.95. The smallest absolute Gasteiger partial charge is 0.224 e. The molecule has 6 heteroatoms. The highest BCUT2D eigenvalue weighted by atomic mass is 16.5. The average Bonchev–Trinajstić information content (AvgIpc) is 2.62. The molecule has 0 heterocycles. The standard InChI is InChI=1S/C22H28N2O4/c1-15(2)27-19-11-7-5-9-17(19)23-21(25)13-14-22(26)24-18-10-6-8-12-20(18)28-16(3)4/h5-12,15-16H,13-14H2,1-4H3,(H,23,25)(H,24,26). The van der Waals surface area contributed by atoms with Gasteiger partial charge in [-0.2, -0.15) is 0 Å². The van der Waals surface area contributed by atoms with E-state index < -0.39 is 0 Å². The largest absolute Gasteiger partial charge is 0.489 e. The molecular weight excluding hydrogens is 356 g/mol. The molecule has 2 amide bonds. The molecule has 0 unspecified atom stereocenters. The van der Waals surface area contributed by atoms with E-state index >= 15 is 0 Å². The fourth-order valence-corrected chi connectivity index (χ4v) is 2.51. The van der Waals surface area contributed by atoms with Gasteiger partial charge in [-0.1, -0.05) is 24.3 Å². The first kappa shape index (κ1) is 21.3. The molecule has 28 heavy (non-hydrogen) atoms. The number of nitrogens with one attached hydrogen (secondary N) is 2. The van der Waals surface area contributed by atoms with Crippen molar-refractivity contribution in [3.05, 3.63) is 48.5 Å². The molecular formula is C22H28N2O4. The summed E-state index contributed by atoms with van der Waals surface area (Å²) in [5, 5.41) is 5.61. The molecule has 150 valence electrons. The van der Waals surface area contributed by atoms with Crippen LogP contribution in [-0.2, 0) is 9.59 Å². The van der Waals surface area contributed by atoms with Crippen molar-refractivity contribution in [3.63, 3.8) is 0 Å². The SMILES string of the molecule is CC(C)Oc1ccccc1NC(=O)CCC(=O)Nc1ccccc1OC(C)C. The van der Waals surface area contributed by atoms with Gasteiger partial charge in [-0.3, -0.25) is 9.59 Å². The second-order valence-electron chi connectivity index (χ2n) is 6.92. The summed E-state index contributed by atoms with van der Waals surface area (Å²) in [6.45, 7) is 7.68. The molecule has 2 N–H and O–H groups in total. The number of anilines is 2. The van der Waals surface area contributed by atoms with Crippen LogP contribution in [0.3, 0.4) is 0 Å². The topological polar surface area (TPSA) is 76.7 Å². The lowest BCUT2D eigenvalue weighted by atomic mass is 10.2. The lowest BCUT2D eigenvalue weighted by molar-refractivity contribution is -0.121. The Kier molecular flexibility index (Phi) is 7.87. The zero-order valence-corrected chi connectivity index (χ0v) is 16.8. The highest BCUT2D eigenvalue weighted by molar-refractivity contribution is 5.98. The number of amides is 2. The van der Waals surface area contributed by atoms with Crippen LogP contribution in [0.2, 0.25) is 0 Å². The monoisotopic (exact) mass is 384 g/mol. The van der Waals surface area contributed by atoms with Gasteiger partial charge in [0.05, 0.1) is 23.6 Å². The van der Waals surface area contributed by atoms with E-state index in [0.29, 0.717) is 22.9 Å². The molecule has 0 aliphatic heterocycles. The van der Waals surface area contributed by atoms with Gasteiger partial charge in [-0.25, -0.2) is 0 Å². The molecule has 0 saturated heterocycles. The van der Waals surface area contributed by atoms with E-state index in [-0.39, 0.29) is 36.9 Å². The Hall–Kier alpha value is -3.02. The van der Waals surface area contributed by atoms with Crippen molar-refractivity contribution in [2.24, 2.45) is 0 Å². The Labute approximate surface area is 166 Å². The fraction of sp³-hybridized carbons (Fsp3) is 0.364. The van der Waals surface area contributed by atoms with Crippen LogP contribution in [-0.4, -0.2) is 24.0 Å². The molecule has 0 fully saturated rings. The molecule has 6 nitrogen and oxygen atoms in total. The normalized spacial score (nSPS) is 10.6. The van der Waals surface area contributed by atoms with Crippen LogP contribution >= 0.6 is 0 Å². The van der Waals surface area contributed by atoms with E-state index in [0.717, 1.165) is 0 Å². The maximum Gasteiger partial charge on any atom is 0.224 e. The van der Waals surface area contributed by atoms with Gasteiger partial charge in [0.15, 0.2) is 0 Å². The molecule has 0 atom stereocenters. The number of hydrogen-bond donors (Lipinski definition) is 2. The summed E-state index contributed by atoms with van der Waals surface area (Å²) in [7, 11) is 0. The van der Waals surface area contributed by atoms with Crippen LogP contribution in [0.15, 0.2) is 48.5 Å². The summed E-state index contributed by atoms with van der Waals surface area (Å²) in [6, 6.07) is 14.5. The molecule has 2 aromatic rings. The van der Waals surface area contributed by atoms with Crippen molar-refractivity contribution in [2.45, 2.75) is 52.7 Å². The summed E-state index contributed by atoms with van der Waals surface area (Å²) in [5.74, 6) is 0.716. The predicted molar refractivity (Wildman–Crippen MR) is 111 cm³/mol. The van der Waals surface area contributed by atoms with Crippen molar-refractivity contribution >= 4 is 23.2 Å². The zero-order chi connectivity index (χ0) is 20.5. The number of para-hydroxylation sites is 4. The van der Waals surface area contributed by atoms with E-state index in [1.54, 1.807) is 24.3 Å². The van der Waals surface area contributed by atoms with Crippen molar-refractivity contribution in [2.75, 3.05) is 10.6 Å². The molecule has 0 spiro atoms. The van der Waals surface area contributed by atoms with E-state index in [2.05, 4.69) is 10.6 Å². The number of ether oxygens (including phenoxy) is 2. The number of benzene rings is 2. The third-order valence-electron chi connectivity index (χ3n) is 3.63. The highest BCUT2D eigenvalue weighted by Gasteiger charge is 2.13. The number of carbonyl (C=O) groups is 2. The van der Waals surface area contributed by atoms with Crippen LogP contribution < -0.4 is 20.1 Å². The molecule has 0 aliphatic rings. The molecule has 0 aromatic heterocycles. The third-order valence-corrected chi connectivity index (χ3v) is 3.63. The van der Waals surface area contributed by atoms with E-state index in [1.165, 1.54) is 0 Å². The molecule has 0 bridgehead atoms. The maximum atomic E-state index is 12.2. The molecule has 2 rings (SSSR count). The van der Waals surface area contributed by atoms with Crippen molar-refractivity contribution in [1.82, 2.24) is 0 Å². The van der Waals surface area contributed by atoms with Gasteiger partial charge in [-0.15, -0.1) is 0 Å². The van der Waals surface area contributed by atoms with Gasteiger partial charge in [0.1, 0.15) is 11.5 Å². The minimum atomic E-state index is -0.248. The molecule has 2 aromatic carbocycles. The first-order chi connectivity index (χ1) is 13.3. The first-order valence-electron chi connectivity index (χ1n) is 9.46. The second kappa shape index (κ2) is 10.3. The predicted octanol–water partition coefficient (Wildman–Crippen LogP) is 4.62. The lowest BCUT2D eigenvalue weighted by Crippen LogP contribution is -2.18. The zero-order valence-electron chi connectivity index (χ0n) is 16.8. The maximum absolute atomic E-state index is 12.2. The summed E-state index contributed by atoms with van der Waals surface area (Å²) in [6.07, 6.45) is 0.123. The van der Waals surface area contributed by atoms with Crippen molar-refractivity contribution in [1.29, 1.82) is 0 Å². The molecule has 0 aliphatic carbocycles. The fourth-order valence-electron chi connectivity index (χ4n) is 2.51. The first-order valence-corrected chi connectivity index (χ1v) is 9.46. The highest BCUT2D eigenvalue weighted by Crippen LogP contribution is 2.26. The molecule has 0 radical (unpaired) electrons. The second-order valence-corrected chi connectivity index (χ2v) is 6.92. The Morgan fingerprint density at radius 2 is 1.07 bits per heavy atom. The lowest BCUT2D eigenvalue weighted by Gasteiger charge is -2.15. The Morgan fingerprint density at radius 3 is 1.43 bits per heavy atom. The quantitative estimate of drug-likeness (QED) is 0.661. The summed E-state index contributed by atoms with van der Waals surface area (Å²) in [4.78, 5) is 24.5. The van der Waals surface area contributed by atoms with Gasteiger partial charge in [0, 0.05) is 12.8 Å². The van der Waals surface area contributed by atoms with Crippen LogP contribution in [0.1, 0.15) is 40.5 Å². The number of hydrogen-bond acceptors (Lipinski definition) is 4. The summed E-state index contributed by atoms with van der Waals surface area (Å²) in [5.41, 5.74) is 1.19. The van der Waals surface area contributed by atoms with Gasteiger partial charge in [-0.05, 0) is 52.0 Å². The van der Waals surface area contributed by atoms with E-state index in [4.69, 9.17) is 9.47 Å². The minimum absolute atomic E-state index is 0.00282. The van der Waals surface area contributed by atoms with Crippen LogP contribution in [0.5, 0.6) is 11.5 Å². The van der Waals surface area contributed by atoms with Gasteiger partial charge in [0.25, 0.3) is 0 Å². The Bertz CT molecular complexity index is 735. The number of carbonyl (C=O) groups excluding carboxylic acids is 2. The number of rotatable bonds is 9. The van der Waals surface area contributed by atoms with Gasteiger partial charge < -0.3 is 20.1 Å². The van der Waals surface area contributed by atoms with Crippen molar-refractivity contribution in [3.8, 4) is 11.5 Å². The summed E-state index contributed by atoms with van der Waals surface area (Å²) >= 11 is 0. The van der Waals surface area contributed by atoms with Crippen LogP contribution in [0.4, 0.5) is 11.4 Å². The van der Waals surface area contributed by atoms with E-state index in [9.17, 15) is 9.59 Å². The summed E-state index contributed by atoms with van der Waals surface area (Å²) < 4.78 is 11.4.